The second kappa shape index (κ2) is 8.86. The molecule has 0 radical (unpaired) electrons. The molecule has 5 heteroatoms. The third kappa shape index (κ3) is 4.62. The molecule has 1 heterocycles. The standard InChI is InChI=1S/C24H25N3O2/c1-27(20-12-6-3-7-13-20)24(28)19-11-8-14-21(15-19)29-23-16-22(25-17-26-23)18-9-4-2-5-10-18/h2,4-5,8-11,14-17,20H,3,6-7,12-13H2,1H3. The maximum Gasteiger partial charge on any atom is 0.253 e. The van der Waals surface area contributed by atoms with Crippen LogP contribution in [0.15, 0.2) is 67.0 Å². The molecule has 5 nitrogen and oxygen atoms in total. The van der Waals surface area contributed by atoms with E-state index >= 15 is 0 Å². The molecule has 1 saturated carbocycles. The average Bonchev–Trinajstić information content (AvgIpc) is 2.79. The molecular formula is C24H25N3O2. The van der Waals surface area contributed by atoms with Gasteiger partial charge in [0.05, 0.1) is 5.69 Å². The first-order valence-corrected chi connectivity index (χ1v) is 10.1. The summed E-state index contributed by atoms with van der Waals surface area (Å²) in [5, 5.41) is 0. The van der Waals surface area contributed by atoms with Crippen molar-refractivity contribution in [2.24, 2.45) is 0 Å². The summed E-state index contributed by atoms with van der Waals surface area (Å²) in [7, 11) is 1.91. The zero-order valence-electron chi connectivity index (χ0n) is 16.6. The lowest BCUT2D eigenvalue weighted by Crippen LogP contribution is -2.38. The Morgan fingerprint density at radius 2 is 1.76 bits per heavy atom. The molecule has 0 aliphatic heterocycles. The zero-order valence-corrected chi connectivity index (χ0v) is 16.6. The van der Waals surface area contributed by atoms with Crippen LogP contribution in [0.2, 0.25) is 0 Å². The molecule has 0 unspecified atom stereocenters. The van der Waals surface area contributed by atoms with Crippen molar-refractivity contribution in [2.75, 3.05) is 7.05 Å². The van der Waals surface area contributed by atoms with Gasteiger partial charge in [-0.25, -0.2) is 9.97 Å². The van der Waals surface area contributed by atoms with Crippen LogP contribution in [-0.4, -0.2) is 33.9 Å². The highest BCUT2D eigenvalue weighted by atomic mass is 16.5. The Kier molecular flexibility index (Phi) is 5.84. The molecule has 1 aromatic heterocycles. The Bertz CT molecular complexity index is 969. The molecule has 1 aliphatic carbocycles. The summed E-state index contributed by atoms with van der Waals surface area (Å²) in [5.74, 6) is 1.07. The van der Waals surface area contributed by atoms with Gasteiger partial charge in [-0.2, -0.15) is 0 Å². The second-order valence-electron chi connectivity index (χ2n) is 7.45. The van der Waals surface area contributed by atoms with Crippen molar-refractivity contribution in [3.05, 3.63) is 72.6 Å². The number of rotatable bonds is 5. The lowest BCUT2D eigenvalue weighted by atomic mass is 9.94. The third-order valence-electron chi connectivity index (χ3n) is 5.46. The highest BCUT2D eigenvalue weighted by molar-refractivity contribution is 5.94. The summed E-state index contributed by atoms with van der Waals surface area (Å²) >= 11 is 0. The predicted molar refractivity (Wildman–Crippen MR) is 113 cm³/mol. The number of benzene rings is 2. The number of carbonyl (C=O) groups is 1. The highest BCUT2D eigenvalue weighted by Crippen LogP contribution is 2.26. The average molecular weight is 387 g/mol. The number of hydrogen-bond acceptors (Lipinski definition) is 4. The molecule has 0 atom stereocenters. The van der Waals surface area contributed by atoms with E-state index in [2.05, 4.69) is 9.97 Å². The molecule has 1 amide bonds. The van der Waals surface area contributed by atoms with E-state index in [-0.39, 0.29) is 5.91 Å². The first-order valence-electron chi connectivity index (χ1n) is 10.1. The minimum atomic E-state index is 0.0370. The topological polar surface area (TPSA) is 55.3 Å². The van der Waals surface area contributed by atoms with Crippen LogP contribution < -0.4 is 4.74 Å². The largest absolute Gasteiger partial charge is 0.439 e. The van der Waals surface area contributed by atoms with Crippen molar-refractivity contribution in [1.29, 1.82) is 0 Å². The van der Waals surface area contributed by atoms with Gasteiger partial charge in [-0.15, -0.1) is 0 Å². The molecule has 1 aliphatic rings. The minimum Gasteiger partial charge on any atom is -0.439 e. The molecule has 1 fully saturated rings. The zero-order chi connectivity index (χ0) is 20.1. The quantitative estimate of drug-likeness (QED) is 0.593. The van der Waals surface area contributed by atoms with E-state index in [1.807, 2.05) is 60.5 Å². The number of hydrogen-bond donors (Lipinski definition) is 0. The van der Waals surface area contributed by atoms with Crippen molar-refractivity contribution in [3.63, 3.8) is 0 Å². The summed E-state index contributed by atoms with van der Waals surface area (Å²) in [6.45, 7) is 0. The Labute approximate surface area is 171 Å². The highest BCUT2D eigenvalue weighted by Gasteiger charge is 2.23. The fourth-order valence-electron chi connectivity index (χ4n) is 3.81. The predicted octanol–water partition coefficient (Wildman–Crippen LogP) is 5.34. The summed E-state index contributed by atoms with van der Waals surface area (Å²) < 4.78 is 5.93. The van der Waals surface area contributed by atoms with E-state index in [4.69, 9.17) is 4.74 Å². The van der Waals surface area contributed by atoms with E-state index in [9.17, 15) is 4.79 Å². The Morgan fingerprint density at radius 1 is 0.966 bits per heavy atom. The van der Waals surface area contributed by atoms with Crippen molar-refractivity contribution in [2.45, 2.75) is 38.1 Å². The van der Waals surface area contributed by atoms with Gasteiger partial charge in [0.15, 0.2) is 0 Å². The van der Waals surface area contributed by atoms with Crippen molar-refractivity contribution >= 4 is 5.91 Å². The van der Waals surface area contributed by atoms with Gasteiger partial charge in [-0.1, -0.05) is 55.7 Å². The van der Waals surface area contributed by atoms with Crippen LogP contribution in [0, 0.1) is 0 Å². The summed E-state index contributed by atoms with van der Waals surface area (Å²) in [6, 6.07) is 19.3. The van der Waals surface area contributed by atoms with Gasteiger partial charge < -0.3 is 9.64 Å². The van der Waals surface area contributed by atoms with Crippen LogP contribution in [-0.2, 0) is 0 Å². The summed E-state index contributed by atoms with van der Waals surface area (Å²) in [4.78, 5) is 23.4. The van der Waals surface area contributed by atoms with Crippen molar-refractivity contribution < 1.29 is 9.53 Å². The lowest BCUT2D eigenvalue weighted by Gasteiger charge is -2.31. The molecule has 148 valence electrons. The molecule has 3 aromatic rings. The van der Waals surface area contributed by atoms with Crippen LogP contribution in [0.1, 0.15) is 42.5 Å². The monoisotopic (exact) mass is 387 g/mol. The maximum atomic E-state index is 12.9. The van der Waals surface area contributed by atoms with Crippen LogP contribution >= 0.6 is 0 Å². The number of amides is 1. The fourth-order valence-corrected chi connectivity index (χ4v) is 3.81. The van der Waals surface area contributed by atoms with Crippen molar-refractivity contribution in [3.8, 4) is 22.9 Å². The van der Waals surface area contributed by atoms with E-state index in [1.165, 1.54) is 25.6 Å². The van der Waals surface area contributed by atoms with Crippen LogP contribution in [0.4, 0.5) is 0 Å². The van der Waals surface area contributed by atoms with E-state index in [1.54, 1.807) is 12.1 Å². The van der Waals surface area contributed by atoms with E-state index in [0.717, 1.165) is 24.1 Å². The molecule has 0 saturated heterocycles. The molecule has 0 spiro atoms. The van der Waals surface area contributed by atoms with Gasteiger partial charge in [0.1, 0.15) is 12.1 Å². The molecule has 0 N–H and O–H groups in total. The molecule has 2 aromatic carbocycles. The van der Waals surface area contributed by atoms with E-state index in [0.29, 0.717) is 23.2 Å². The van der Waals surface area contributed by atoms with Crippen LogP contribution in [0.3, 0.4) is 0 Å². The SMILES string of the molecule is CN(C(=O)c1cccc(Oc2cc(-c3ccccc3)ncn2)c1)C1CCCCC1. The molecule has 4 rings (SSSR count). The normalized spacial score (nSPS) is 14.4. The molecule has 29 heavy (non-hydrogen) atoms. The van der Waals surface area contributed by atoms with Crippen molar-refractivity contribution in [1.82, 2.24) is 14.9 Å². The smallest absolute Gasteiger partial charge is 0.253 e. The van der Waals surface area contributed by atoms with Crippen LogP contribution in [0.25, 0.3) is 11.3 Å². The van der Waals surface area contributed by atoms with Gasteiger partial charge in [-0.05, 0) is 31.0 Å². The third-order valence-corrected chi connectivity index (χ3v) is 5.46. The first kappa shape index (κ1) is 19.1. The van der Waals surface area contributed by atoms with Gasteiger partial charge in [0.25, 0.3) is 5.91 Å². The number of carbonyl (C=O) groups excluding carboxylic acids is 1. The molecular weight excluding hydrogens is 362 g/mol. The first-order chi connectivity index (χ1) is 14.2. The lowest BCUT2D eigenvalue weighted by molar-refractivity contribution is 0.0696. The summed E-state index contributed by atoms with van der Waals surface area (Å²) in [5.41, 5.74) is 2.42. The number of nitrogens with zero attached hydrogens (tertiary/aromatic N) is 3. The van der Waals surface area contributed by atoms with Gasteiger partial charge in [-0.3, -0.25) is 4.79 Å². The Hall–Kier alpha value is -3.21. The fraction of sp³-hybridized carbons (Fsp3) is 0.292. The Balaban J connectivity index is 1.50. The number of aromatic nitrogens is 2. The summed E-state index contributed by atoms with van der Waals surface area (Å²) in [6.07, 6.45) is 7.32. The Morgan fingerprint density at radius 3 is 2.55 bits per heavy atom. The van der Waals surface area contributed by atoms with Gasteiger partial charge in [0, 0.05) is 30.3 Å². The number of ether oxygens (including phenoxy) is 1. The minimum absolute atomic E-state index is 0.0370. The second-order valence-corrected chi connectivity index (χ2v) is 7.45. The van der Waals surface area contributed by atoms with E-state index < -0.39 is 0 Å². The van der Waals surface area contributed by atoms with Crippen LogP contribution in [0.5, 0.6) is 11.6 Å². The maximum absolute atomic E-state index is 12.9. The van der Waals surface area contributed by atoms with Gasteiger partial charge >= 0.3 is 0 Å². The molecule has 0 bridgehead atoms. The van der Waals surface area contributed by atoms with Gasteiger partial charge in [0.2, 0.25) is 5.88 Å².